The predicted molar refractivity (Wildman–Crippen MR) is 236 cm³/mol. The summed E-state index contributed by atoms with van der Waals surface area (Å²) in [4.78, 5) is 83.9. The van der Waals surface area contributed by atoms with Gasteiger partial charge in [-0.1, -0.05) is 69.7 Å². The van der Waals surface area contributed by atoms with Crippen LogP contribution in [0.5, 0.6) is 0 Å². The Bertz CT molecular complexity index is 2020. The number of hydrogen-bond acceptors (Lipinski definition) is 9. The largest absolute Gasteiger partial charge is 0.453 e. The van der Waals surface area contributed by atoms with Gasteiger partial charge in [0.1, 0.15) is 24.2 Å². The van der Waals surface area contributed by atoms with E-state index in [1.807, 2.05) is 45.9 Å². The third-order valence-corrected chi connectivity index (χ3v) is 12.7. The second-order valence-electron chi connectivity index (χ2n) is 17.5. The van der Waals surface area contributed by atoms with E-state index in [9.17, 15) is 28.8 Å². The number of nitrogens with zero attached hydrogens (tertiary/aromatic N) is 3. The molecule has 15 nitrogen and oxygen atoms in total. The highest BCUT2D eigenvalue weighted by molar-refractivity contribution is 5.99. The van der Waals surface area contributed by atoms with Crippen LogP contribution in [0.3, 0.4) is 0 Å². The van der Waals surface area contributed by atoms with Crippen molar-refractivity contribution in [3.05, 3.63) is 83.6 Å². The Balaban J connectivity index is 1.10. The minimum Gasteiger partial charge on any atom is -0.453 e. The Morgan fingerprint density at radius 1 is 0.677 bits per heavy atom. The molecule has 1 unspecified atom stereocenters. The highest BCUT2D eigenvalue weighted by Gasteiger charge is 2.42. The van der Waals surface area contributed by atoms with Crippen LogP contribution in [-0.2, 0) is 28.7 Å². The van der Waals surface area contributed by atoms with E-state index in [1.54, 1.807) is 9.80 Å². The number of nitrogens with one attached hydrogen (secondary N) is 4. The molecular weight excluding hydrogens is 791 g/mol. The highest BCUT2D eigenvalue weighted by atomic mass is 16.5. The molecule has 3 heterocycles. The number of benzene rings is 2. The Morgan fingerprint density at radius 3 is 1.69 bits per heavy atom. The standard InChI is InChI=1S/C47H63N7O8/c1-28(2)40(50-46(59)61-6)44(57)52-26-8-10-38(52)42(55)48-33-18-14-31(15-19-33)36-24-25-37(54(36)35-22-12-30(5)13-23-35)32-16-20-34(21-17-32)49-43(56)39-11-9-27-53(39)45(58)41(29(3)4)51-47(60)62-7/h12-16,18-23,28-29,32,36-41H,8-11,17,24-27H2,1-7H3,(H,48,55)(H,49,56)(H,50,59)(H,51,60)/t32?,36-,37-,38+,39+,40+,41+/m1/s1. The van der Waals surface area contributed by atoms with Gasteiger partial charge in [0, 0.05) is 42.1 Å². The molecule has 0 spiro atoms. The van der Waals surface area contributed by atoms with Crippen LogP contribution in [0.1, 0.15) is 89.8 Å². The number of carbonyl (C=O) groups is 6. The van der Waals surface area contributed by atoms with Gasteiger partial charge in [-0.25, -0.2) is 9.59 Å². The quantitative estimate of drug-likeness (QED) is 0.189. The second kappa shape index (κ2) is 20.3. The fraction of sp³-hybridized carbons (Fsp3) is 0.532. The molecule has 0 saturated carbocycles. The van der Waals surface area contributed by atoms with E-state index in [0.29, 0.717) is 50.2 Å². The van der Waals surface area contributed by atoms with E-state index in [0.717, 1.165) is 30.5 Å². The summed E-state index contributed by atoms with van der Waals surface area (Å²) in [5, 5.41) is 11.4. The summed E-state index contributed by atoms with van der Waals surface area (Å²) < 4.78 is 9.47. The Hall–Kier alpha value is -5.86. The molecule has 6 rings (SSSR count). The average Bonchev–Trinajstić information content (AvgIpc) is 4.06. The molecule has 2 aromatic carbocycles. The number of carbonyl (C=O) groups excluding carboxylic acids is 6. The molecule has 334 valence electrons. The van der Waals surface area contributed by atoms with E-state index in [1.165, 1.54) is 19.8 Å². The number of likely N-dealkylation sites (tertiary alicyclic amines) is 2. The maximum Gasteiger partial charge on any atom is 0.407 e. The van der Waals surface area contributed by atoms with Gasteiger partial charge in [0.2, 0.25) is 23.6 Å². The lowest BCUT2D eigenvalue weighted by Crippen LogP contribution is -2.55. The van der Waals surface area contributed by atoms with E-state index >= 15 is 0 Å². The first-order valence-electron chi connectivity index (χ1n) is 22.0. The van der Waals surface area contributed by atoms with Gasteiger partial charge in [0.25, 0.3) is 0 Å². The van der Waals surface area contributed by atoms with Crippen molar-refractivity contribution < 1.29 is 38.2 Å². The summed E-state index contributed by atoms with van der Waals surface area (Å²) in [5.74, 6) is -1.30. The fourth-order valence-electron chi connectivity index (χ4n) is 9.29. The monoisotopic (exact) mass is 853 g/mol. The number of hydrogen-bond donors (Lipinski definition) is 4. The van der Waals surface area contributed by atoms with Crippen LogP contribution < -0.4 is 26.2 Å². The summed E-state index contributed by atoms with van der Waals surface area (Å²) >= 11 is 0. The summed E-state index contributed by atoms with van der Waals surface area (Å²) in [7, 11) is 2.51. The van der Waals surface area contributed by atoms with Crippen molar-refractivity contribution >= 4 is 47.2 Å². The Kier molecular flexibility index (Phi) is 15.0. The van der Waals surface area contributed by atoms with Gasteiger partial charge in [-0.2, -0.15) is 0 Å². The minimum absolute atomic E-state index is 0.0818. The molecule has 4 aliphatic rings. The van der Waals surface area contributed by atoms with Crippen molar-refractivity contribution in [2.24, 2.45) is 17.8 Å². The fourth-order valence-corrected chi connectivity index (χ4v) is 9.29. The van der Waals surface area contributed by atoms with Gasteiger partial charge in [0.05, 0.1) is 20.3 Å². The van der Waals surface area contributed by atoms with Crippen LogP contribution in [0.2, 0.25) is 0 Å². The number of methoxy groups -OCH3 is 2. The van der Waals surface area contributed by atoms with Crippen molar-refractivity contribution in [3.8, 4) is 0 Å². The Labute approximate surface area is 365 Å². The van der Waals surface area contributed by atoms with Crippen molar-refractivity contribution in [2.75, 3.05) is 37.5 Å². The van der Waals surface area contributed by atoms with E-state index in [-0.39, 0.29) is 53.5 Å². The normalized spacial score (nSPS) is 23.1. The lowest BCUT2D eigenvalue weighted by atomic mass is 9.90. The molecular formula is C47H63N7O8. The van der Waals surface area contributed by atoms with E-state index in [2.05, 4.69) is 81.6 Å². The van der Waals surface area contributed by atoms with E-state index in [4.69, 9.17) is 9.47 Å². The van der Waals surface area contributed by atoms with Gasteiger partial charge < -0.3 is 45.4 Å². The topological polar surface area (TPSA) is 179 Å². The highest BCUT2D eigenvalue weighted by Crippen LogP contribution is 2.44. The molecule has 0 bridgehead atoms. The molecule has 62 heavy (non-hydrogen) atoms. The lowest BCUT2D eigenvalue weighted by molar-refractivity contribution is -0.140. The third kappa shape index (κ3) is 10.4. The van der Waals surface area contributed by atoms with Gasteiger partial charge in [-0.05, 0) is 99.6 Å². The predicted octanol–water partition coefficient (Wildman–Crippen LogP) is 5.96. The Morgan fingerprint density at radius 2 is 1.21 bits per heavy atom. The van der Waals surface area contributed by atoms with Crippen LogP contribution >= 0.6 is 0 Å². The smallest absolute Gasteiger partial charge is 0.407 e. The number of anilines is 2. The summed E-state index contributed by atoms with van der Waals surface area (Å²) in [5.41, 5.74) is 4.76. The van der Waals surface area contributed by atoms with Crippen molar-refractivity contribution in [1.82, 2.24) is 25.8 Å². The van der Waals surface area contributed by atoms with Crippen molar-refractivity contribution in [3.63, 3.8) is 0 Å². The number of ether oxygens (including phenoxy) is 2. The molecule has 0 radical (unpaired) electrons. The molecule has 3 fully saturated rings. The number of rotatable bonds is 13. The first-order chi connectivity index (χ1) is 29.7. The summed E-state index contributed by atoms with van der Waals surface area (Å²) in [6.45, 7) is 10.3. The van der Waals surface area contributed by atoms with Crippen LogP contribution in [0.4, 0.5) is 21.0 Å². The van der Waals surface area contributed by atoms with Crippen LogP contribution in [0.25, 0.3) is 0 Å². The molecule has 6 amide bonds. The first kappa shape index (κ1) is 45.7. The van der Waals surface area contributed by atoms with E-state index < -0.39 is 36.4 Å². The molecule has 3 aliphatic heterocycles. The lowest BCUT2D eigenvalue weighted by Gasteiger charge is -2.37. The number of aryl methyl sites for hydroxylation is 1. The maximum atomic E-state index is 13.6. The van der Waals surface area contributed by atoms with Crippen molar-refractivity contribution in [2.45, 2.75) is 116 Å². The van der Waals surface area contributed by atoms with Crippen molar-refractivity contribution in [1.29, 1.82) is 0 Å². The number of amides is 6. The zero-order chi connectivity index (χ0) is 44.7. The zero-order valence-electron chi connectivity index (χ0n) is 37.0. The second-order valence-corrected chi connectivity index (χ2v) is 17.5. The van der Waals surface area contributed by atoms with Gasteiger partial charge >= 0.3 is 12.2 Å². The molecule has 15 heteroatoms. The van der Waals surface area contributed by atoms with Gasteiger partial charge in [-0.15, -0.1) is 0 Å². The van der Waals surface area contributed by atoms with Crippen LogP contribution in [0, 0.1) is 24.7 Å². The maximum absolute atomic E-state index is 13.6. The molecule has 0 aromatic heterocycles. The van der Waals surface area contributed by atoms with Crippen LogP contribution in [0.15, 0.2) is 72.5 Å². The van der Waals surface area contributed by atoms with Crippen LogP contribution in [-0.4, -0.2) is 103 Å². The SMILES string of the molecule is COC(=O)N[C@H](C(=O)N1CCC[C@H]1C(=O)NC1=CCC([C@H]2CC[C@H](c3ccc(NC(=O)[C@@H]4CCCN4C(=O)[C@@H](NC(=O)OC)C(C)C)cc3)N2c2ccc(C)cc2)C=C1)C(C)C. The summed E-state index contributed by atoms with van der Waals surface area (Å²) in [6, 6.07) is 13.9. The zero-order valence-corrected chi connectivity index (χ0v) is 37.0. The summed E-state index contributed by atoms with van der Waals surface area (Å²) in [6.07, 6.45) is 9.89. The molecule has 1 aliphatic carbocycles. The van der Waals surface area contributed by atoms with Gasteiger partial charge in [-0.3, -0.25) is 19.2 Å². The average molecular weight is 854 g/mol. The number of allylic oxidation sites excluding steroid dienone is 2. The molecule has 4 N–H and O–H groups in total. The first-order valence-corrected chi connectivity index (χ1v) is 22.0. The minimum atomic E-state index is -0.806. The molecule has 2 aromatic rings. The molecule has 3 saturated heterocycles. The molecule has 7 atom stereocenters. The third-order valence-electron chi connectivity index (χ3n) is 12.7. The van der Waals surface area contributed by atoms with Gasteiger partial charge in [0.15, 0.2) is 0 Å². The number of alkyl carbamates (subject to hydrolysis) is 2.